The molecule has 9 nitrogen and oxygen atoms in total. The Morgan fingerprint density at radius 2 is 2.04 bits per heavy atom. The Morgan fingerprint density at radius 1 is 1.26 bits per heavy atom. The minimum Gasteiger partial charge on any atom is -0.477 e. The number of carbonyl (C=O) groups is 1. The number of anilines is 1. The topological polar surface area (TPSA) is 107 Å². The van der Waals surface area contributed by atoms with Crippen LogP contribution in [0.2, 0.25) is 0 Å². The number of nitrogens with zero attached hydrogens (tertiary/aromatic N) is 3. The Bertz CT molecular complexity index is 794. The first-order valence-corrected chi connectivity index (χ1v) is 9.47. The van der Waals surface area contributed by atoms with Crippen LogP contribution in [0.1, 0.15) is 18.5 Å². The molecule has 10 heteroatoms. The van der Waals surface area contributed by atoms with Gasteiger partial charge in [0.25, 0.3) is 11.8 Å². The summed E-state index contributed by atoms with van der Waals surface area (Å²) < 4.78 is 15.8. The van der Waals surface area contributed by atoms with Crippen molar-refractivity contribution in [1.29, 1.82) is 0 Å². The normalized spacial score (nSPS) is 13.3. The molecule has 146 valence electrons. The molecule has 27 heavy (non-hydrogen) atoms. The minimum absolute atomic E-state index is 0.293. The van der Waals surface area contributed by atoms with Crippen molar-refractivity contribution in [2.75, 3.05) is 39.3 Å². The van der Waals surface area contributed by atoms with Crippen molar-refractivity contribution in [3.05, 3.63) is 11.9 Å². The highest BCUT2D eigenvalue weighted by Gasteiger charge is 2.21. The van der Waals surface area contributed by atoms with Gasteiger partial charge in [0.15, 0.2) is 5.13 Å². The van der Waals surface area contributed by atoms with E-state index in [0.717, 1.165) is 23.1 Å². The molecule has 2 aromatic heterocycles. The maximum atomic E-state index is 12.0. The predicted octanol–water partition coefficient (Wildman–Crippen LogP) is 2.47. The van der Waals surface area contributed by atoms with Crippen LogP contribution in [0, 0.1) is 12.8 Å². The van der Waals surface area contributed by atoms with E-state index in [9.17, 15) is 4.79 Å². The van der Waals surface area contributed by atoms with E-state index in [4.69, 9.17) is 14.2 Å². The van der Waals surface area contributed by atoms with Crippen LogP contribution >= 0.6 is 11.3 Å². The van der Waals surface area contributed by atoms with Gasteiger partial charge in [-0.15, -0.1) is 0 Å². The van der Waals surface area contributed by atoms with Gasteiger partial charge in [-0.2, -0.15) is 0 Å². The van der Waals surface area contributed by atoms with E-state index in [-0.39, 0.29) is 6.03 Å². The number of aryl methyl sites for hydroxylation is 1. The molecule has 0 atom stereocenters. The number of ether oxygens (including phenoxy) is 3. The SMILES string of the molecule is COc1ncc(-c2sc(NC(=O)NCCOCC3CC3)nc2C)nc1OC. The largest absolute Gasteiger partial charge is 0.477 e. The summed E-state index contributed by atoms with van der Waals surface area (Å²) in [4.78, 5) is 25.7. The summed E-state index contributed by atoms with van der Waals surface area (Å²) in [6, 6.07) is -0.316. The molecule has 0 bridgehead atoms. The van der Waals surface area contributed by atoms with E-state index in [0.29, 0.717) is 35.7 Å². The summed E-state index contributed by atoms with van der Waals surface area (Å²) in [7, 11) is 3.00. The van der Waals surface area contributed by atoms with Crippen LogP contribution in [-0.2, 0) is 4.74 Å². The van der Waals surface area contributed by atoms with Crippen molar-refractivity contribution in [2.24, 2.45) is 5.92 Å². The van der Waals surface area contributed by atoms with Crippen LogP contribution in [0.3, 0.4) is 0 Å². The molecule has 2 heterocycles. The number of urea groups is 1. The van der Waals surface area contributed by atoms with Crippen molar-refractivity contribution < 1.29 is 19.0 Å². The highest BCUT2D eigenvalue weighted by atomic mass is 32.1. The second kappa shape index (κ2) is 8.96. The summed E-state index contributed by atoms with van der Waals surface area (Å²) in [5.41, 5.74) is 1.34. The van der Waals surface area contributed by atoms with Gasteiger partial charge in [0, 0.05) is 13.2 Å². The Morgan fingerprint density at radius 3 is 2.74 bits per heavy atom. The van der Waals surface area contributed by atoms with E-state index >= 15 is 0 Å². The third-order valence-electron chi connectivity index (χ3n) is 3.93. The summed E-state index contributed by atoms with van der Waals surface area (Å²) in [6.07, 6.45) is 4.09. The lowest BCUT2D eigenvalue weighted by Gasteiger charge is -2.06. The molecule has 2 amide bonds. The number of methoxy groups -OCH3 is 2. The molecule has 0 unspecified atom stereocenters. The number of nitrogens with one attached hydrogen (secondary N) is 2. The number of hydrogen-bond acceptors (Lipinski definition) is 8. The van der Waals surface area contributed by atoms with E-state index in [2.05, 4.69) is 25.6 Å². The van der Waals surface area contributed by atoms with E-state index in [1.807, 2.05) is 6.92 Å². The fourth-order valence-corrected chi connectivity index (χ4v) is 3.26. The predicted molar refractivity (Wildman–Crippen MR) is 102 cm³/mol. The highest BCUT2D eigenvalue weighted by molar-refractivity contribution is 7.19. The number of amides is 2. The molecule has 3 rings (SSSR count). The lowest BCUT2D eigenvalue weighted by atomic mass is 10.3. The van der Waals surface area contributed by atoms with Gasteiger partial charge < -0.3 is 19.5 Å². The second-order valence-electron chi connectivity index (χ2n) is 6.11. The third-order valence-corrected chi connectivity index (χ3v) is 5.02. The van der Waals surface area contributed by atoms with E-state index < -0.39 is 0 Å². The summed E-state index contributed by atoms with van der Waals surface area (Å²) >= 11 is 1.32. The number of aromatic nitrogens is 3. The maximum absolute atomic E-state index is 12.0. The van der Waals surface area contributed by atoms with Crippen LogP contribution < -0.4 is 20.1 Å². The molecule has 0 spiro atoms. The van der Waals surface area contributed by atoms with Crippen molar-refractivity contribution in [2.45, 2.75) is 19.8 Å². The van der Waals surface area contributed by atoms with E-state index in [1.165, 1.54) is 38.4 Å². The fourth-order valence-electron chi connectivity index (χ4n) is 2.34. The van der Waals surface area contributed by atoms with Crippen LogP contribution in [0.25, 0.3) is 10.6 Å². The van der Waals surface area contributed by atoms with E-state index in [1.54, 1.807) is 6.20 Å². The zero-order chi connectivity index (χ0) is 19.2. The van der Waals surface area contributed by atoms with Gasteiger partial charge in [-0.3, -0.25) is 5.32 Å². The number of hydrogen-bond donors (Lipinski definition) is 2. The highest BCUT2D eigenvalue weighted by Crippen LogP contribution is 2.33. The van der Waals surface area contributed by atoms with Crippen molar-refractivity contribution >= 4 is 22.5 Å². The molecular weight excluding hydrogens is 370 g/mol. The maximum Gasteiger partial charge on any atom is 0.321 e. The lowest BCUT2D eigenvalue weighted by Crippen LogP contribution is -2.31. The molecule has 0 radical (unpaired) electrons. The molecule has 1 fully saturated rings. The summed E-state index contributed by atoms with van der Waals surface area (Å²) in [5, 5.41) is 5.97. The van der Waals surface area contributed by atoms with Crippen LogP contribution in [0.15, 0.2) is 6.20 Å². The molecule has 0 aromatic carbocycles. The molecule has 0 aliphatic heterocycles. The molecule has 1 aliphatic rings. The standard InChI is InChI=1S/C17H23N5O4S/c1-10-13(12-8-19-14(24-2)15(21-12)25-3)27-17(20-10)22-16(23)18-6-7-26-9-11-4-5-11/h8,11H,4-7,9H2,1-3H3,(H2,18,20,22,23). The Labute approximate surface area is 161 Å². The van der Waals surface area contributed by atoms with Gasteiger partial charge in [-0.25, -0.2) is 19.7 Å². The molecule has 1 aliphatic carbocycles. The quantitative estimate of drug-likeness (QED) is 0.630. The average Bonchev–Trinajstić information content (AvgIpc) is 3.42. The average molecular weight is 393 g/mol. The van der Waals surface area contributed by atoms with Gasteiger partial charge in [-0.1, -0.05) is 11.3 Å². The van der Waals surface area contributed by atoms with Gasteiger partial charge >= 0.3 is 6.03 Å². The monoisotopic (exact) mass is 393 g/mol. The smallest absolute Gasteiger partial charge is 0.321 e. The first-order valence-electron chi connectivity index (χ1n) is 8.66. The number of carbonyl (C=O) groups excluding carboxylic acids is 1. The molecule has 2 N–H and O–H groups in total. The van der Waals surface area contributed by atoms with Gasteiger partial charge in [-0.05, 0) is 25.7 Å². The fraction of sp³-hybridized carbons (Fsp3) is 0.529. The second-order valence-corrected chi connectivity index (χ2v) is 7.11. The Hall–Kier alpha value is -2.46. The number of rotatable bonds is 9. The first kappa shape index (κ1) is 19.3. The van der Waals surface area contributed by atoms with Gasteiger partial charge in [0.2, 0.25) is 0 Å². The summed E-state index contributed by atoms with van der Waals surface area (Å²) in [6.45, 7) is 3.59. The zero-order valence-electron chi connectivity index (χ0n) is 15.6. The van der Waals surface area contributed by atoms with Gasteiger partial charge in [0.1, 0.15) is 5.69 Å². The molecule has 2 aromatic rings. The lowest BCUT2D eigenvalue weighted by molar-refractivity contribution is 0.127. The van der Waals surface area contributed by atoms with Crippen LogP contribution in [-0.4, -0.2) is 55.0 Å². The van der Waals surface area contributed by atoms with Gasteiger partial charge in [0.05, 0.1) is 37.6 Å². The van der Waals surface area contributed by atoms with Crippen molar-refractivity contribution in [3.8, 4) is 22.3 Å². The zero-order valence-corrected chi connectivity index (χ0v) is 16.4. The number of thiazole rings is 1. The van der Waals surface area contributed by atoms with Crippen molar-refractivity contribution in [1.82, 2.24) is 20.3 Å². The minimum atomic E-state index is -0.316. The summed E-state index contributed by atoms with van der Waals surface area (Å²) in [5.74, 6) is 1.32. The van der Waals surface area contributed by atoms with Crippen molar-refractivity contribution in [3.63, 3.8) is 0 Å². The molecule has 0 saturated heterocycles. The van der Waals surface area contributed by atoms with Crippen LogP contribution in [0.4, 0.5) is 9.93 Å². The third kappa shape index (κ3) is 5.27. The molecule has 1 saturated carbocycles. The Balaban J connectivity index is 1.56. The van der Waals surface area contributed by atoms with Crippen LogP contribution in [0.5, 0.6) is 11.8 Å². The Kier molecular flexibility index (Phi) is 6.40. The first-order chi connectivity index (χ1) is 13.1. The molecular formula is C17H23N5O4S.